The Bertz CT molecular complexity index is 1160. The van der Waals surface area contributed by atoms with Crippen LogP contribution in [-0.2, 0) is 20.9 Å². The first-order valence-electron chi connectivity index (χ1n) is 11.4. The summed E-state index contributed by atoms with van der Waals surface area (Å²) in [6.07, 6.45) is 4.26. The van der Waals surface area contributed by atoms with Gasteiger partial charge in [0, 0.05) is 29.8 Å². The van der Waals surface area contributed by atoms with Crippen LogP contribution in [0.25, 0.3) is 10.9 Å². The molecule has 0 bridgehead atoms. The Morgan fingerprint density at radius 3 is 2.89 bits per heavy atom. The lowest BCUT2D eigenvalue weighted by Gasteiger charge is -2.29. The third-order valence-corrected chi connectivity index (χ3v) is 7.02. The normalized spacial score (nSPS) is 18.5. The molecule has 0 aliphatic carbocycles. The molecule has 1 fully saturated rings. The van der Waals surface area contributed by atoms with E-state index in [2.05, 4.69) is 41.5 Å². The Morgan fingerprint density at radius 1 is 1.37 bits per heavy atom. The third-order valence-electron chi connectivity index (χ3n) is 5.82. The number of rotatable bonds is 10. The average molecular weight is 571 g/mol. The summed E-state index contributed by atoms with van der Waals surface area (Å²) in [6.45, 7) is 0.857. The number of ether oxygens (including phenoxy) is 1. The molecule has 3 rings (SSSR count). The monoisotopic (exact) mass is 569 g/mol. The SMILES string of the molecule is COC(=O)CCCCC(=O)NN=C(C[C@H]1NCCC[C@@H]1O)Cn1cnc2cc(Br)c(Cl)cc2c1=O. The van der Waals surface area contributed by atoms with E-state index in [-0.39, 0.29) is 42.9 Å². The highest BCUT2D eigenvalue weighted by Crippen LogP contribution is 2.25. The van der Waals surface area contributed by atoms with Gasteiger partial charge in [0.2, 0.25) is 5.91 Å². The van der Waals surface area contributed by atoms with Crippen molar-refractivity contribution in [1.29, 1.82) is 0 Å². The Hall–Kier alpha value is -2.34. The minimum absolute atomic E-state index is 0.0863. The largest absolute Gasteiger partial charge is 0.469 e. The molecule has 1 amide bonds. The van der Waals surface area contributed by atoms with Crippen molar-refractivity contribution < 1.29 is 19.4 Å². The van der Waals surface area contributed by atoms with E-state index >= 15 is 0 Å². The van der Waals surface area contributed by atoms with Gasteiger partial charge in [-0.15, -0.1) is 0 Å². The number of halogens is 2. The maximum absolute atomic E-state index is 13.1. The second kappa shape index (κ2) is 13.1. The zero-order chi connectivity index (χ0) is 25.4. The maximum Gasteiger partial charge on any atom is 0.305 e. The van der Waals surface area contributed by atoms with Crippen molar-refractivity contribution in [1.82, 2.24) is 20.3 Å². The fraction of sp³-hybridized carbons (Fsp3) is 0.522. The van der Waals surface area contributed by atoms with Crippen LogP contribution in [0.2, 0.25) is 5.02 Å². The Labute approximate surface area is 216 Å². The standard InChI is InChI=1S/C23H29BrClN5O5/c1-35-22(33)7-3-2-6-21(32)29-28-14(9-19-20(31)5-4-8-26-19)12-30-13-27-18-11-16(24)17(25)10-15(18)23(30)34/h10-11,13,19-20,26,31H,2-9,12H2,1H3,(H,29,32)/t19-,20+/m1/s1. The molecule has 2 atom stereocenters. The summed E-state index contributed by atoms with van der Waals surface area (Å²) >= 11 is 9.50. The first-order valence-corrected chi connectivity index (χ1v) is 12.6. The van der Waals surface area contributed by atoms with Crippen LogP contribution in [0.1, 0.15) is 44.9 Å². The van der Waals surface area contributed by atoms with Gasteiger partial charge in [0.25, 0.3) is 5.56 Å². The van der Waals surface area contributed by atoms with Crippen molar-refractivity contribution in [3.05, 3.63) is 38.3 Å². The number of hydrogen-bond acceptors (Lipinski definition) is 8. The molecule has 12 heteroatoms. The van der Waals surface area contributed by atoms with Gasteiger partial charge < -0.3 is 15.2 Å². The number of aliphatic hydroxyl groups is 1. The van der Waals surface area contributed by atoms with Gasteiger partial charge in [-0.05, 0) is 60.3 Å². The first kappa shape index (κ1) is 27.3. The molecule has 1 aromatic heterocycles. The molecule has 0 spiro atoms. The van der Waals surface area contributed by atoms with E-state index in [4.69, 9.17) is 11.6 Å². The van der Waals surface area contributed by atoms with Crippen molar-refractivity contribution in [2.24, 2.45) is 5.10 Å². The summed E-state index contributed by atoms with van der Waals surface area (Å²) in [5.41, 5.74) is 3.27. The second-order valence-electron chi connectivity index (χ2n) is 8.43. The number of methoxy groups -OCH3 is 1. The highest BCUT2D eigenvalue weighted by molar-refractivity contribution is 9.10. The quantitative estimate of drug-likeness (QED) is 0.173. The molecule has 190 valence electrons. The number of unbranched alkanes of at least 4 members (excludes halogenated alkanes) is 1. The van der Waals surface area contributed by atoms with E-state index in [0.29, 0.717) is 51.8 Å². The van der Waals surface area contributed by atoms with Gasteiger partial charge in [-0.25, -0.2) is 10.4 Å². The Balaban J connectivity index is 1.75. The number of amides is 1. The van der Waals surface area contributed by atoms with E-state index in [0.717, 1.165) is 13.0 Å². The molecule has 0 radical (unpaired) electrons. The summed E-state index contributed by atoms with van der Waals surface area (Å²) in [7, 11) is 1.33. The van der Waals surface area contributed by atoms with Gasteiger partial charge in [0.15, 0.2) is 0 Å². The lowest BCUT2D eigenvalue weighted by Crippen LogP contribution is -2.46. The number of carbonyl (C=O) groups excluding carboxylic acids is 2. The van der Waals surface area contributed by atoms with Crippen LogP contribution < -0.4 is 16.3 Å². The molecule has 1 saturated heterocycles. The smallest absolute Gasteiger partial charge is 0.305 e. The topological polar surface area (TPSA) is 135 Å². The zero-order valence-corrected chi connectivity index (χ0v) is 21.8. The third kappa shape index (κ3) is 7.83. The lowest BCUT2D eigenvalue weighted by atomic mass is 9.96. The lowest BCUT2D eigenvalue weighted by molar-refractivity contribution is -0.140. The molecular weight excluding hydrogens is 542 g/mol. The molecule has 0 saturated carbocycles. The Morgan fingerprint density at radius 2 is 2.14 bits per heavy atom. The number of nitrogens with one attached hydrogen (secondary N) is 2. The van der Waals surface area contributed by atoms with Gasteiger partial charge in [-0.2, -0.15) is 5.10 Å². The highest BCUT2D eigenvalue weighted by atomic mass is 79.9. The number of esters is 1. The van der Waals surface area contributed by atoms with Gasteiger partial charge >= 0.3 is 5.97 Å². The van der Waals surface area contributed by atoms with E-state index in [1.807, 2.05) is 0 Å². The number of carbonyl (C=O) groups is 2. The molecule has 0 unspecified atom stereocenters. The van der Waals surface area contributed by atoms with Gasteiger partial charge in [-0.1, -0.05) is 11.6 Å². The Kier molecular flexibility index (Phi) is 10.2. The van der Waals surface area contributed by atoms with Crippen molar-refractivity contribution in [2.75, 3.05) is 13.7 Å². The molecular formula is C23H29BrClN5O5. The fourth-order valence-electron chi connectivity index (χ4n) is 3.86. The maximum atomic E-state index is 13.1. The summed E-state index contributed by atoms with van der Waals surface area (Å²) in [5, 5.41) is 18.7. The van der Waals surface area contributed by atoms with E-state index in [9.17, 15) is 19.5 Å². The summed E-state index contributed by atoms with van der Waals surface area (Å²) in [5.74, 6) is -0.613. The van der Waals surface area contributed by atoms with Crippen LogP contribution in [-0.4, -0.2) is 58.0 Å². The van der Waals surface area contributed by atoms with Gasteiger partial charge in [0.1, 0.15) is 0 Å². The van der Waals surface area contributed by atoms with Crippen LogP contribution in [0.5, 0.6) is 0 Å². The second-order valence-corrected chi connectivity index (χ2v) is 9.69. The number of hydrogen-bond donors (Lipinski definition) is 3. The number of fused-ring (bicyclic) bond motifs is 1. The number of hydrazone groups is 1. The molecule has 35 heavy (non-hydrogen) atoms. The van der Waals surface area contributed by atoms with E-state index in [1.165, 1.54) is 18.0 Å². The van der Waals surface area contributed by atoms with Crippen molar-refractivity contribution in [3.63, 3.8) is 0 Å². The molecule has 2 heterocycles. The number of aromatic nitrogens is 2. The van der Waals surface area contributed by atoms with Crippen LogP contribution in [0.4, 0.5) is 0 Å². The number of piperidine rings is 1. The van der Waals surface area contributed by atoms with Crippen LogP contribution in [0, 0.1) is 0 Å². The van der Waals surface area contributed by atoms with Gasteiger partial charge in [0.05, 0.1) is 47.7 Å². The number of aliphatic hydroxyl groups excluding tert-OH is 1. The van der Waals surface area contributed by atoms with Crippen LogP contribution in [0.15, 0.2) is 32.8 Å². The summed E-state index contributed by atoms with van der Waals surface area (Å²) < 4.78 is 6.64. The molecule has 1 aromatic carbocycles. The van der Waals surface area contributed by atoms with E-state index in [1.54, 1.807) is 12.1 Å². The van der Waals surface area contributed by atoms with Gasteiger partial charge in [-0.3, -0.25) is 19.0 Å². The predicted molar refractivity (Wildman–Crippen MR) is 136 cm³/mol. The molecule has 1 aliphatic heterocycles. The van der Waals surface area contributed by atoms with Crippen LogP contribution in [0.3, 0.4) is 0 Å². The average Bonchev–Trinajstić information content (AvgIpc) is 2.84. The van der Waals surface area contributed by atoms with Crippen molar-refractivity contribution in [3.8, 4) is 0 Å². The minimum atomic E-state index is -0.550. The summed E-state index contributed by atoms with van der Waals surface area (Å²) in [4.78, 5) is 40.9. The van der Waals surface area contributed by atoms with Crippen molar-refractivity contribution in [2.45, 2.75) is 63.6 Å². The van der Waals surface area contributed by atoms with E-state index < -0.39 is 6.10 Å². The molecule has 10 nitrogen and oxygen atoms in total. The summed E-state index contributed by atoms with van der Waals surface area (Å²) in [6, 6.07) is 3.00. The van der Waals surface area contributed by atoms with Crippen LogP contribution >= 0.6 is 27.5 Å². The fourth-order valence-corrected chi connectivity index (χ4v) is 4.36. The molecule has 3 N–H and O–H groups in total. The predicted octanol–water partition coefficient (Wildman–Crippen LogP) is 2.52. The molecule has 1 aliphatic rings. The molecule has 2 aromatic rings. The highest BCUT2D eigenvalue weighted by Gasteiger charge is 2.24. The minimum Gasteiger partial charge on any atom is -0.469 e. The number of nitrogens with zero attached hydrogens (tertiary/aromatic N) is 3. The zero-order valence-electron chi connectivity index (χ0n) is 19.4. The number of benzene rings is 1. The first-order chi connectivity index (χ1) is 16.8. The van der Waals surface area contributed by atoms with Crippen molar-refractivity contribution >= 4 is 56.0 Å².